The molecule has 1 fully saturated rings. The zero-order valence-corrected chi connectivity index (χ0v) is 14.2. The highest BCUT2D eigenvalue weighted by Crippen LogP contribution is 2.23. The molecule has 1 aliphatic rings. The molecule has 0 aliphatic carbocycles. The van der Waals surface area contributed by atoms with Crippen molar-refractivity contribution in [3.05, 3.63) is 29.3 Å². The van der Waals surface area contributed by atoms with Crippen LogP contribution in [-0.2, 0) is 14.3 Å². The minimum Gasteiger partial charge on any atom is -0.484 e. The van der Waals surface area contributed by atoms with Crippen LogP contribution in [0.25, 0.3) is 0 Å². The molecular formula is C18H25NO5. The van der Waals surface area contributed by atoms with Crippen LogP contribution in [0, 0.1) is 25.7 Å². The van der Waals surface area contributed by atoms with Gasteiger partial charge in [0.15, 0.2) is 6.61 Å². The Morgan fingerprint density at radius 1 is 1.29 bits per heavy atom. The van der Waals surface area contributed by atoms with Crippen LogP contribution in [0.3, 0.4) is 0 Å². The van der Waals surface area contributed by atoms with E-state index in [9.17, 15) is 14.7 Å². The van der Waals surface area contributed by atoms with Gasteiger partial charge in [-0.25, -0.2) is 0 Å². The smallest absolute Gasteiger partial charge is 0.308 e. The first-order valence-electron chi connectivity index (χ1n) is 8.24. The van der Waals surface area contributed by atoms with Gasteiger partial charge in [0.1, 0.15) is 5.75 Å². The van der Waals surface area contributed by atoms with Crippen molar-refractivity contribution in [3.63, 3.8) is 0 Å². The monoisotopic (exact) mass is 335 g/mol. The number of hydrogen-bond donors (Lipinski definition) is 2. The Labute approximate surface area is 142 Å². The van der Waals surface area contributed by atoms with Gasteiger partial charge in [0, 0.05) is 19.8 Å². The number of carboxylic acid groups (broad SMARTS) is 1. The normalized spacial score (nSPS) is 16.4. The van der Waals surface area contributed by atoms with Gasteiger partial charge >= 0.3 is 5.97 Å². The number of amides is 1. The van der Waals surface area contributed by atoms with Crippen LogP contribution < -0.4 is 10.1 Å². The second kappa shape index (κ2) is 8.68. The predicted octanol–water partition coefficient (Wildman–Crippen LogP) is 1.93. The Balaban J connectivity index is 1.80. The summed E-state index contributed by atoms with van der Waals surface area (Å²) in [6, 6.07) is 5.64. The molecular weight excluding hydrogens is 310 g/mol. The Kier molecular flexibility index (Phi) is 6.61. The van der Waals surface area contributed by atoms with Gasteiger partial charge in [-0.15, -0.1) is 0 Å². The summed E-state index contributed by atoms with van der Waals surface area (Å²) in [5, 5.41) is 12.1. The summed E-state index contributed by atoms with van der Waals surface area (Å²) in [5.74, 6) is -1.10. The third kappa shape index (κ3) is 5.23. The van der Waals surface area contributed by atoms with E-state index in [0.717, 1.165) is 11.1 Å². The molecule has 0 radical (unpaired) electrons. The number of nitrogens with one attached hydrogen (secondary N) is 1. The van der Waals surface area contributed by atoms with Crippen LogP contribution in [0.1, 0.15) is 24.0 Å². The van der Waals surface area contributed by atoms with Crippen LogP contribution >= 0.6 is 0 Å². The van der Waals surface area contributed by atoms with Crippen molar-refractivity contribution in [1.29, 1.82) is 0 Å². The molecule has 0 spiro atoms. The lowest BCUT2D eigenvalue weighted by Gasteiger charge is -2.27. The number of carbonyl (C=O) groups is 2. The van der Waals surface area contributed by atoms with Gasteiger partial charge in [0.2, 0.25) is 0 Å². The molecule has 1 atom stereocenters. The predicted molar refractivity (Wildman–Crippen MR) is 89.1 cm³/mol. The van der Waals surface area contributed by atoms with E-state index in [2.05, 4.69) is 5.32 Å². The Morgan fingerprint density at radius 2 is 2.00 bits per heavy atom. The molecule has 1 aromatic carbocycles. The van der Waals surface area contributed by atoms with Crippen LogP contribution in [0.4, 0.5) is 0 Å². The van der Waals surface area contributed by atoms with E-state index in [1.54, 1.807) is 0 Å². The standard InChI is InChI=1S/C18H25NO5/c1-12-3-4-15(9-13(12)2)24-11-17(20)19-10-16(18(21)22)14-5-7-23-8-6-14/h3-4,9,14,16H,5-8,10-11H2,1-2H3,(H,19,20)(H,21,22). The van der Waals surface area contributed by atoms with Crippen molar-refractivity contribution in [2.75, 3.05) is 26.4 Å². The molecule has 6 heteroatoms. The summed E-state index contributed by atoms with van der Waals surface area (Å²) >= 11 is 0. The zero-order chi connectivity index (χ0) is 17.5. The molecule has 1 amide bonds. The van der Waals surface area contributed by atoms with Crippen molar-refractivity contribution in [2.45, 2.75) is 26.7 Å². The summed E-state index contributed by atoms with van der Waals surface area (Å²) in [6.07, 6.45) is 1.43. The fraction of sp³-hybridized carbons (Fsp3) is 0.556. The quantitative estimate of drug-likeness (QED) is 0.795. The number of benzene rings is 1. The number of aliphatic carboxylic acids is 1. The average Bonchev–Trinajstić information content (AvgIpc) is 2.57. The van der Waals surface area contributed by atoms with E-state index in [1.807, 2.05) is 32.0 Å². The molecule has 0 bridgehead atoms. The Bertz CT molecular complexity index is 581. The maximum atomic E-state index is 11.9. The zero-order valence-electron chi connectivity index (χ0n) is 14.2. The van der Waals surface area contributed by atoms with Gasteiger partial charge in [-0.05, 0) is 55.9 Å². The SMILES string of the molecule is Cc1ccc(OCC(=O)NCC(C(=O)O)C2CCOCC2)cc1C. The summed E-state index contributed by atoms with van der Waals surface area (Å²) in [7, 11) is 0. The largest absolute Gasteiger partial charge is 0.484 e. The van der Waals surface area contributed by atoms with Crippen molar-refractivity contribution in [2.24, 2.45) is 11.8 Å². The molecule has 1 heterocycles. The number of aryl methyl sites for hydroxylation is 2. The molecule has 1 saturated heterocycles. The molecule has 0 aromatic heterocycles. The second-order valence-corrected chi connectivity index (χ2v) is 6.23. The maximum absolute atomic E-state index is 11.9. The molecule has 24 heavy (non-hydrogen) atoms. The first kappa shape index (κ1) is 18.3. The second-order valence-electron chi connectivity index (χ2n) is 6.23. The van der Waals surface area contributed by atoms with E-state index in [1.165, 1.54) is 0 Å². The fourth-order valence-electron chi connectivity index (χ4n) is 2.80. The van der Waals surface area contributed by atoms with Gasteiger partial charge in [-0.2, -0.15) is 0 Å². The Hall–Kier alpha value is -2.08. The topological polar surface area (TPSA) is 84.9 Å². The first-order valence-corrected chi connectivity index (χ1v) is 8.24. The van der Waals surface area contributed by atoms with Crippen molar-refractivity contribution >= 4 is 11.9 Å². The van der Waals surface area contributed by atoms with E-state index < -0.39 is 11.9 Å². The third-order valence-electron chi connectivity index (χ3n) is 4.52. The highest BCUT2D eigenvalue weighted by molar-refractivity contribution is 5.78. The van der Waals surface area contributed by atoms with Gasteiger partial charge in [-0.3, -0.25) is 9.59 Å². The molecule has 2 rings (SSSR count). The maximum Gasteiger partial charge on any atom is 0.308 e. The lowest BCUT2D eigenvalue weighted by molar-refractivity contribution is -0.145. The Morgan fingerprint density at radius 3 is 2.62 bits per heavy atom. The fourth-order valence-corrected chi connectivity index (χ4v) is 2.80. The van der Waals surface area contributed by atoms with Gasteiger partial charge < -0.3 is 19.9 Å². The minimum absolute atomic E-state index is 0.0391. The molecule has 1 aromatic rings. The number of carboxylic acids is 1. The molecule has 1 aliphatic heterocycles. The molecule has 1 unspecified atom stereocenters. The highest BCUT2D eigenvalue weighted by atomic mass is 16.5. The van der Waals surface area contributed by atoms with Gasteiger partial charge in [0.25, 0.3) is 5.91 Å². The number of ether oxygens (including phenoxy) is 2. The van der Waals surface area contributed by atoms with Gasteiger partial charge in [0.05, 0.1) is 5.92 Å². The number of carbonyl (C=O) groups excluding carboxylic acids is 1. The van der Waals surface area contributed by atoms with Crippen molar-refractivity contribution < 1.29 is 24.2 Å². The minimum atomic E-state index is -0.878. The van der Waals surface area contributed by atoms with Crippen LogP contribution in [0.15, 0.2) is 18.2 Å². The number of rotatable bonds is 7. The summed E-state index contributed by atoms with van der Waals surface area (Å²) in [5.41, 5.74) is 2.26. The molecule has 6 nitrogen and oxygen atoms in total. The lowest BCUT2D eigenvalue weighted by atomic mass is 9.86. The van der Waals surface area contributed by atoms with Gasteiger partial charge in [-0.1, -0.05) is 6.07 Å². The molecule has 2 N–H and O–H groups in total. The molecule has 0 saturated carbocycles. The van der Waals surface area contributed by atoms with Crippen molar-refractivity contribution in [3.8, 4) is 5.75 Å². The van der Waals surface area contributed by atoms with E-state index >= 15 is 0 Å². The summed E-state index contributed by atoms with van der Waals surface area (Å²) < 4.78 is 10.7. The van der Waals surface area contributed by atoms with E-state index in [4.69, 9.17) is 9.47 Å². The van der Waals surface area contributed by atoms with Crippen LogP contribution in [0.5, 0.6) is 5.75 Å². The summed E-state index contributed by atoms with van der Waals surface area (Å²) in [4.78, 5) is 23.4. The summed E-state index contributed by atoms with van der Waals surface area (Å²) in [6.45, 7) is 5.15. The van der Waals surface area contributed by atoms with Crippen LogP contribution in [0.2, 0.25) is 0 Å². The highest BCUT2D eigenvalue weighted by Gasteiger charge is 2.29. The third-order valence-corrected chi connectivity index (χ3v) is 4.52. The van der Waals surface area contributed by atoms with Crippen molar-refractivity contribution in [1.82, 2.24) is 5.32 Å². The first-order chi connectivity index (χ1) is 11.5. The average molecular weight is 335 g/mol. The lowest BCUT2D eigenvalue weighted by Crippen LogP contribution is -2.40. The van der Waals surface area contributed by atoms with E-state index in [-0.39, 0.29) is 25.0 Å². The molecule has 132 valence electrons. The number of hydrogen-bond acceptors (Lipinski definition) is 4. The van der Waals surface area contributed by atoms with Crippen LogP contribution in [-0.4, -0.2) is 43.3 Å². The van der Waals surface area contributed by atoms with E-state index in [0.29, 0.717) is 31.8 Å².